The topological polar surface area (TPSA) is 55.2 Å². The van der Waals surface area contributed by atoms with E-state index < -0.39 is 0 Å². The smallest absolute Gasteiger partial charge is 0.216 e. The maximum Gasteiger partial charge on any atom is 0.216 e. The highest BCUT2D eigenvalue weighted by atomic mass is 32.1. The van der Waals surface area contributed by atoms with E-state index in [2.05, 4.69) is 36.1 Å². The molecule has 1 N–H and O–H groups in total. The predicted molar refractivity (Wildman–Crippen MR) is 86.7 cm³/mol. The van der Waals surface area contributed by atoms with Crippen molar-refractivity contribution < 1.29 is 4.74 Å². The van der Waals surface area contributed by atoms with Crippen LogP contribution in [0, 0.1) is 4.77 Å². The minimum Gasteiger partial charge on any atom is -0.494 e. The van der Waals surface area contributed by atoms with Gasteiger partial charge in [0.15, 0.2) is 5.82 Å². The highest BCUT2D eigenvalue weighted by molar-refractivity contribution is 7.71. The van der Waals surface area contributed by atoms with Crippen LogP contribution in [0.5, 0.6) is 5.75 Å². The number of H-pyrrole nitrogens is 1. The van der Waals surface area contributed by atoms with Gasteiger partial charge in [0.1, 0.15) is 5.75 Å². The average Bonchev–Trinajstić information content (AvgIpc) is 2.85. The van der Waals surface area contributed by atoms with Crippen LogP contribution >= 0.6 is 12.2 Å². The van der Waals surface area contributed by atoms with Gasteiger partial charge in [0.05, 0.1) is 12.8 Å². The summed E-state index contributed by atoms with van der Waals surface area (Å²) in [5.74, 6) is 1.94. The Kier molecular flexibility index (Phi) is 5.27. The lowest BCUT2D eigenvalue weighted by Crippen LogP contribution is -2.01. The minimum atomic E-state index is 0.250. The molecular formula is C15H20N4OS. The zero-order valence-corrected chi connectivity index (χ0v) is 13.4. The Hall–Kier alpha value is -1.95. The maximum absolute atomic E-state index is 5.55. The van der Waals surface area contributed by atoms with Gasteiger partial charge in [0.25, 0.3) is 0 Å². The third kappa shape index (κ3) is 4.01. The Bertz CT molecular complexity index is 655. The molecular weight excluding hydrogens is 284 g/mol. The van der Waals surface area contributed by atoms with Crippen molar-refractivity contribution in [2.45, 2.75) is 33.1 Å². The van der Waals surface area contributed by atoms with Gasteiger partial charge in [-0.05, 0) is 48.5 Å². The first kappa shape index (κ1) is 15.4. The number of hydrogen-bond donors (Lipinski definition) is 1. The molecule has 0 amide bonds. The van der Waals surface area contributed by atoms with Gasteiger partial charge >= 0.3 is 0 Å². The molecule has 0 aliphatic heterocycles. The summed E-state index contributed by atoms with van der Waals surface area (Å²) >= 11 is 5.19. The summed E-state index contributed by atoms with van der Waals surface area (Å²) in [6.07, 6.45) is 2.76. The molecule has 6 heteroatoms. The normalized spacial score (nSPS) is 11.4. The Morgan fingerprint density at radius 3 is 2.71 bits per heavy atom. The lowest BCUT2D eigenvalue weighted by Gasteiger charge is -2.04. The van der Waals surface area contributed by atoms with Gasteiger partial charge in [-0.2, -0.15) is 14.9 Å². The summed E-state index contributed by atoms with van der Waals surface area (Å²) < 4.78 is 7.70. The molecule has 1 heterocycles. The van der Waals surface area contributed by atoms with Crippen LogP contribution in [0.15, 0.2) is 29.4 Å². The van der Waals surface area contributed by atoms with Gasteiger partial charge in [0.2, 0.25) is 4.77 Å². The Balaban J connectivity index is 2.14. The number of benzene rings is 1. The number of rotatable bonds is 6. The maximum atomic E-state index is 5.55. The second kappa shape index (κ2) is 7.17. The van der Waals surface area contributed by atoms with Crippen LogP contribution < -0.4 is 4.74 Å². The molecule has 5 nitrogen and oxygen atoms in total. The molecule has 0 saturated carbocycles. The first-order valence-electron chi connectivity index (χ1n) is 7.06. The predicted octanol–water partition coefficient (Wildman–Crippen LogP) is 3.74. The van der Waals surface area contributed by atoms with Crippen molar-refractivity contribution in [3.63, 3.8) is 0 Å². The third-order valence-corrected chi connectivity index (χ3v) is 3.13. The van der Waals surface area contributed by atoms with Crippen molar-refractivity contribution in [2.24, 2.45) is 5.10 Å². The first-order chi connectivity index (χ1) is 10.1. The lowest BCUT2D eigenvalue weighted by molar-refractivity contribution is 0.317. The number of ether oxygens (including phenoxy) is 1. The Morgan fingerprint density at radius 1 is 1.38 bits per heavy atom. The van der Waals surface area contributed by atoms with E-state index in [1.165, 1.54) is 0 Å². The van der Waals surface area contributed by atoms with Crippen LogP contribution in [0.3, 0.4) is 0 Å². The molecule has 1 aromatic carbocycles. The number of hydrogen-bond acceptors (Lipinski definition) is 4. The average molecular weight is 304 g/mol. The molecule has 0 radical (unpaired) electrons. The fourth-order valence-corrected chi connectivity index (χ4v) is 1.97. The molecule has 0 bridgehead atoms. The van der Waals surface area contributed by atoms with Crippen LogP contribution in [0.2, 0.25) is 0 Å². The second-order valence-electron chi connectivity index (χ2n) is 5.02. The third-order valence-electron chi connectivity index (χ3n) is 2.87. The lowest BCUT2D eigenvalue weighted by atomic mass is 10.2. The van der Waals surface area contributed by atoms with Crippen LogP contribution in [-0.4, -0.2) is 27.7 Å². The van der Waals surface area contributed by atoms with Gasteiger partial charge in [-0.3, -0.25) is 5.10 Å². The van der Waals surface area contributed by atoms with Gasteiger partial charge in [-0.1, -0.05) is 20.8 Å². The molecule has 0 atom stereocenters. The first-order valence-corrected chi connectivity index (χ1v) is 7.47. The van der Waals surface area contributed by atoms with E-state index in [0.717, 1.165) is 30.2 Å². The van der Waals surface area contributed by atoms with E-state index in [4.69, 9.17) is 17.0 Å². The monoisotopic (exact) mass is 304 g/mol. The van der Waals surface area contributed by atoms with E-state index in [0.29, 0.717) is 4.77 Å². The second-order valence-corrected chi connectivity index (χ2v) is 5.40. The summed E-state index contributed by atoms with van der Waals surface area (Å²) in [7, 11) is 0. The van der Waals surface area contributed by atoms with Crippen LogP contribution in [0.4, 0.5) is 0 Å². The van der Waals surface area contributed by atoms with Crippen LogP contribution in [0.25, 0.3) is 0 Å². The van der Waals surface area contributed by atoms with E-state index >= 15 is 0 Å². The molecule has 0 spiro atoms. The molecule has 0 aliphatic carbocycles. The molecule has 0 aliphatic rings. The van der Waals surface area contributed by atoms with Gasteiger partial charge in [-0.15, -0.1) is 0 Å². The van der Waals surface area contributed by atoms with Crippen molar-refractivity contribution in [1.82, 2.24) is 14.9 Å². The van der Waals surface area contributed by atoms with E-state index in [9.17, 15) is 0 Å². The van der Waals surface area contributed by atoms with Crippen molar-refractivity contribution in [3.8, 4) is 5.75 Å². The molecule has 2 rings (SSSR count). The highest BCUT2D eigenvalue weighted by Gasteiger charge is 2.08. The highest BCUT2D eigenvalue weighted by Crippen LogP contribution is 2.13. The summed E-state index contributed by atoms with van der Waals surface area (Å²) in [4.78, 5) is 0. The molecule has 0 fully saturated rings. The van der Waals surface area contributed by atoms with Gasteiger partial charge in [-0.25, -0.2) is 0 Å². The molecule has 2 aromatic rings. The van der Waals surface area contributed by atoms with Gasteiger partial charge < -0.3 is 4.74 Å². The van der Waals surface area contributed by atoms with E-state index in [1.807, 2.05) is 24.3 Å². The Morgan fingerprint density at radius 2 is 2.10 bits per heavy atom. The zero-order chi connectivity index (χ0) is 15.2. The largest absolute Gasteiger partial charge is 0.494 e. The number of aromatic amines is 1. The summed E-state index contributed by atoms with van der Waals surface area (Å²) in [5, 5.41) is 11.4. The van der Waals surface area contributed by atoms with Crippen molar-refractivity contribution in [2.75, 3.05) is 6.61 Å². The fraction of sp³-hybridized carbons (Fsp3) is 0.400. The van der Waals surface area contributed by atoms with E-state index in [-0.39, 0.29) is 5.92 Å². The minimum absolute atomic E-state index is 0.250. The van der Waals surface area contributed by atoms with Crippen molar-refractivity contribution >= 4 is 18.4 Å². The quantitative estimate of drug-likeness (QED) is 0.653. The number of nitrogens with zero attached hydrogens (tertiary/aromatic N) is 3. The van der Waals surface area contributed by atoms with E-state index in [1.54, 1.807) is 10.9 Å². The molecule has 0 saturated heterocycles. The Labute approximate surface area is 129 Å². The summed E-state index contributed by atoms with van der Waals surface area (Å²) in [6.45, 7) is 6.92. The van der Waals surface area contributed by atoms with Gasteiger partial charge in [0, 0.05) is 5.92 Å². The summed E-state index contributed by atoms with van der Waals surface area (Å²) in [5.41, 5.74) is 0.983. The number of nitrogens with one attached hydrogen (secondary N) is 1. The SMILES string of the molecule is CCCOc1ccc(/C=N/n2c(C(C)C)n[nH]c2=S)cc1. The van der Waals surface area contributed by atoms with Crippen LogP contribution in [0.1, 0.15) is 44.5 Å². The molecule has 1 aromatic heterocycles. The summed E-state index contributed by atoms with van der Waals surface area (Å²) in [6, 6.07) is 7.81. The molecule has 0 unspecified atom stereocenters. The van der Waals surface area contributed by atoms with Crippen molar-refractivity contribution in [1.29, 1.82) is 0 Å². The number of aromatic nitrogens is 3. The zero-order valence-electron chi connectivity index (χ0n) is 12.5. The van der Waals surface area contributed by atoms with Crippen LogP contribution in [-0.2, 0) is 0 Å². The molecule has 112 valence electrons. The fourth-order valence-electron chi connectivity index (χ4n) is 1.78. The standard InChI is InChI=1S/C15H20N4OS/c1-4-9-20-13-7-5-12(6-8-13)10-16-19-14(11(2)3)17-18-15(19)21/h5-8,10-11H,4,9H2,1-3H3,(H,18,21)/b16-10+. The van der Waals surface area contributed by atoms with Crippen molar-refractivity contribution in [3.05, 3.63) is 40.4 Å². The molecule has 21 heavy (non-hydrogen) atoms.